The average Bonchev–Trinajstić information content (AvgIpc) is 2.53. The Morgan fingerprint density at radius 1 is 1.43 bits per heavy atom. The Balaban J connectivity index is 2.09. The number of thioether (sulfide) groups is 1. The van der Waals surface area contributed by atoms with Gasteiger partial charge in [0.05, 0.1) is 5.52 Å². The molecule has 110 valence electrons. The molecule has 21 heavy (non-hydrogen) atoms. The van der Waals surface area contributed by atoms with Crippen molar-refractivity contribution in [1.29, 1.82) is 0 Å². The quantitative estimate of drug-likeness (QED) is 0.940. The number of nitrogens with zero attached hydrogens (tertiary/aromatic N) is 3. The normalized spacial score (nSPS) is 18.9. The van der Waals surface area contributed by atoms with E-state index in [1.807, 2.05) is 36.0 Å². The maximum absolute atomic E-state index is 11.3. The number of carboxylic acid groups (broad SMARTS) is 1. The summed E-state index contributed by atoms with van der Waals surface area (Å²) in [6.07, 6.45) is 1.11. The van der Waals surface area contributed by atoms with Crippen LogP contribution in [0, 0.1) is 0 Å². The number of anilines is 1. The highest BCUT2D eigenvalue weighted by Gasteiger charge is 2.23. The zero-order valence-corrected chi connectivity index (χ0v) is 12.6. The summed E-state index contributed by atoms with van der Waals surface area (Å²) >= 11 is 1.98. The minimum Gasteiger partial charge on any atom is -0.475 e. The molecule has 5 nitrogen and oxygen atoms in total. The molecule has 1 N–H and O–H groups in total. The highest BCUT2D eigenvalue weighted by atomic mass is 32.2. The van der Waals surface area contributed by atoms with Crippen molar-refractivity contribution < 1.29 is 9.90 Å². The zero-order valence-electron chi connectivity index (χ0n) is 11.8. The Kier molecular flexibility index (Phi) is 3.96. The van der Waals surface area contributed by atoms with Crippen LogP contribution < -0.4 is 4.90 Å². The number of hydrogen-bond acceptors (Lipinski definition) is 5. The SMILES string of the molecule is CCC1CN(c2nc(C(=O)O)nc3ccccc23)CCS1. The molecule has 0 bridgehead atoms. The van der Waals surface area contributed by atoms with Crippen molar-refractivity contribution in [3.63, 3.8) is 0 Å². The van der Waals surface area contributed by atoms with Crippen molar-refractivity contribution in [3.05, 3.63) is 30.1 Å². The predicted octanol–water partition coefficient (Wildman–Crippen LogP) is 2.66. The molecule has 1 aromatic carbocycles. The summed E-state index contributed by atoms with van der Waals surface area (Å²) in [6.45, 7) is 3.98. The Bertz CT molecular complexity index is 677. The third-order valence-electron chi connectivity index (χ3n) is 3.67. The van der Waals surface area contributed by atoms with Gasteiger partial charge in [-0.15, -0.1) is 0 Å². The molecule has 1 aliphatic rings. The van der Waals surface area contributed by atoms with Crippen LogP contribution >= 0.6 is 11.8 Å². The summed E-state index contributed by atoms with van der Waals surface area (Å²) in [6, 6.07) is 7.60. The molecule has 1 aromatic heterocycles. The molecule has 3 rings (SSSR count). The molecular weight excluding hydrogens is 286 g/mol. The fourth-order valence-electron chi connectivity index (χ4n) is 2.56. The van der Waals surface area contributed by atoms with E-state index >= 15 is 0 Å². The lowest BCUT2D eigenvalue weighted by atomic mass is 10.2. The van der Waals surface area contributed by atoms with Gasteiger partial charge in [-0.25, -0.2) is 14.8 Å². The topological polar surface area (TPSA) is 66.3 Å². The molecule has 6 heteroatoms. The second-order valence-electron chi connectivity index (χ2n) is 5.04. The fraction of sp³-hybridized carbons (Fsp3) is 0.400. The van der Waals surface area contributed by atoms with Crippen molar-refractivity contribution in [2.45, 2.75) is 18.6 Å². The van der Waals surface area contributed by atoms with Crippen LogP contribution in [0.4, 0.5) is 5.82 Å². The molecule has 0 radical (unpaired) electrons. The number of aromatic carboxylic acids is 1. The molecule has 0 amide bonds. The van der Waals surface area contributed by atoms with E-state index in [-0.39, 0.29) is 5.82 Å². The van der Waals surface area contributed by atoms with Crippen molar-refractivity contribution in [2.24, 2.45) is 0 Å². The highest BCUT2D eigenvalue weighted by molar-refractivity contribution is 8.00. The lowest BCUT2D eigenvalue weighted by Crippen LogP contribution is -2.38. The van der Waals surface area contributed by atoms with Crippen LogP contribution in [-0.2, 0) is 0 Å². The molecule has 1 fully saturated rings. The third kappa shape index (κ3) is 2.81. The van der Waals surface area contributed by atoms with Gasteiger partial charge in [-0.3, -0.25) is 0 Å². The smallest absolute Gasteiger partial charge is 0.374 e. The Morgan fingerprint density at radius 3 is 3.00 bits per heavy atom. The van der Waals surface area contributed by atoms with E-state index in [1.54, 1.807) is 0 Å². The average molecular weight is 303 g/mol. The monoisotopic (exact) mass is 303 g/mol. The Morgan fingerprint density at radius 2 is 2.24 bits per heavy atom. The first-order chi connectivity index (χ1) is 10.2. The van der Waals surface area contributed by atoms with E-state index in [9.17, 15) is 9.90 Å². The third-order valence-corrected chi connectivity index (χ3v) is 5.04. The number of carbonyl (C=O) groups is 1. The summed E-state index contributed by atoms with van der Waals surface area (Å²) in [5.41, 5.74) is 0.686. The minimum atomic E-state index is -1.08. The van der Waals surface area contributed by atoms with Gasteiger partial charge >= 0.3 is 5.97 Å². The van der Waals surface area contributed by atoms with Gasteiger partial charge in [0, 0.05) is 29.5 Å². The number of benzene rings is 1. The number of aromatic nitrogens is 2. The van der Waals surface area contributed by atoms with Crippen molar-refractivity contribution in [2.75, 3.05) is 23.7 Å². The summed E-state index contributed by atoms with van der Waals surface area (Å²) in [5, 5.41) is 10.7. The molecule has 0 saturated carbocycles. The lowest BCUT2D eigenvalue weighted by molar-refractivity contribution is 0.0684. The van der Waals surface area contributed by atoms with Crippen molar-refractivity contribution in [1.82, 2.24) is 9.97 Å². The predicted molar refractivity (Wildman–Crippen MR) is 85.2 cm³/mol. The molecule has 1 saturated heterocycles. The second kappa shape index (κ2) is 5.89. The van der Waals surface area contributed by atoms with Gasteiger partial charge < -0.3 is 10.0 Å². The minimum absolute atomic E-state index is 0.130. The summed E-state index contributed by atoms with van der Waals surface area (Å²) < 4.78 is 0. The van der Waals surface area contributed by atoms with Crippen molar-refractivity contribution >= 4 is 34.5 Å². The van der Waals surface area contributed by atoms with Gasteiger partial charge in [-0.05, 0) is 18.6 Å². The van der Waals surface area contributed by atoms with Crippen molar-refractivity contribution in [3.8, 4) is 0 Å². The van der Waals surface area contributed by atoms with Crippen LogP contribution in [0.25, 0.3) is 10.9 Å². The molecule has 1 unspecified atom stereocenters. The van der Waals surface area contributed by atoms with Gasteiger partial charge in [0.2, 0.25) is 5.82 Å². The van der Waals surface area contributed by atoms with Crippen LogP contribution in [0.1, 0.15) is 24.0 Å². The van der Waals surface area contributed by atoms with E-state index in [0.29, 0.717) is 10.8 Å². The van der Waals surface area contributed by atoms with Crippen LogP contribution in [0.5, 0.6) is 0 Å². The zero-order chi connectivity index (χ0) is 14.8. The first-order valence-corrected chi connectivity index (χ1v) is 8.10. The number of hydrogen-bond donors (Lipinski definition) is 1. The van der Waals surface area contributed by atoms with Crippen LogP contribution in [0.15, 0.2) is 24.3 Å². The van der Waals surface area contributed by atoms with E-state index < -0.39 is 5.97 Å². The molecule has 2 aromatic rings. The van der Waals surface area contributed by atoms with Gasteiger partial charge in [-0.1, -0.05) is 19.1 Å². The summed E-state index contributed by atoms with van der Waals surface area (Å²) in [7, 11) is 0. The van der Waals surface area contributed by atoms with Crippen LogP contribution in [0.2, 0.25) is 0 Å². The second-order valence-corrected chi connectivity index (χ2v) is 6.45. The number of fused-ring (bicyclic) bond motifs is 1. The molecular formula is C15H17N3O2S. The standard InChI is InChI=1S/C15H17N3O2S/c1-2-10-9-18(7-8-21-10)14-11-5-3-4-6-12(11)16-13(17-14)15(19)20/h3-6,10H,2,7-9H2,1H3,(H,19,20). The lowest BCUT2D eigenvalue weighted by Gasteiger charge is -2.33. The first-order valence-electron chi connectivity index (χ1n) is 7.05. The van der Waals surface area contributed by atoms with Crippen LogP contribution in [0.3, 0.4) is 0 Å². The van der Waals surface area contributed by atoms with E-state index in [1.165, 1.54) is 0 Å². The van der Waals surface area contributed by atoms with Crippen LogP contribution in [-0.4, -0.2) is 45.1 Å². The van der Waals surface area contributed by atoms with E-state index in [2.05, 4.69) is 21.8 Å². The van der Waals surface area contributed by atoms with Gasteiger partial charge in [0.25, 0.3) is 0 Å². The first kappa shape index (κ1) is 14.1. The number of para-hydroxylation sites is 1. The van der Waals surface area contributed by atoms with E-state index in [4.69, 9.17) is 0 Å². The largest absolute Gasteiger partial charge is 0.475 e. The number of rotatable bonds is 3. The summed E-state index contributed by atoms with van der Waals surface area (Å²) in [5.74, 6) is 0.575. The molecule has 0 aliphatic carbocycles. The van der Waals surface area contributed by atoms with E-state index in [0.717, 1.165) is 36.5 Å². The molecule has 1 atom stereocenters. The summed E-state index contributed by atoms with van der Waals surface area (Å²) in [4.78, 5) is 21.9. The highest BCUT2D eigenvalue weighted by Crippen LogP contribution is 2.29. The molecule has 0 spiro atoms. The molecule has 2 heterocycles. The Hall–Kier alpha value is -1.82. The maximum atomic E-state index is 11.3. The maximum Gasteiger partial charge on any atom is 0.374 e. The van der Waals surface area contributed by atoms with Gasteiger partial charge in [0.15, 0.2) is 0 Å². The number of carboxylic acids is 1. The Labute approximate surface area is 127 Å². The fourth-order valence-corrected chi connectivity index (χ4v) is 3.74. The molecule has 1 aliphatic heterocycles. The van der Waals surface area contributed by atoms with Gasteiger partial charge in [-0.2, -0.15) is 11.8 Å². The van der Waals surface area contributed by atoms with Gasteiger partial charge in [0.1, 0.15) is 5.82 Å².